The Bertz CT molecular complexity index is 628. The number of hydrogen-bond donors (Lipinski definition) is 1. The van der Waals surface area contributed by atoms with E-state index < -0.39 is 0 Å². The molecule has 5 nitrogen and oxygen atoms in total. The number of carbonyl (C=O) groups is 1. The molecule has 1 aliphatic heterocycles. The van der Waals surface area contributed by atoms with Crippen molar-refractivity contribution in [3.63, 3.8) is 0 Å². The fraction of sp³-hybridized carbons (Fsp3) is 0.438. The first-order valence-corrected chi connectivity index (χ1v) is 8.46. The van der Waals surface area contributed by atoms with Gasteiger partial charge in [-0.15, -0.1) is 0 Å². The number of thiophene rings is 1. The molecule has 1 N–H and O–H groups in total. The lowest BCUT2D eigenvalue weighted by Gasteiger charge is -2.33. The smallest absolute Gasteiger partial charge is 0.252 e. The van der Waals surface area contributed by atoms with Gasteiger partial charge in [-0.1, -0.05) is 0 Å². The van der Waals surface area contributed by atoms with Crippen LogP contribution in [0, 0.1) is 13.8 Å². The van der Waals surface area contributed by atoms with Crippen LogP contribution >= 0.6 is 11.3 Å². The maximum atomic E-state index is 12.1. The maximum Gasteiger partial charge on any atom is 0.252 e. The standard InChI is InChI=1S/C16H20N4OS/c1-11-9-15(18-12(2)17-11)20-6-3-14(4-7-20)19-16(21)13-5-8-22-10-13/h5,8-10,14H,3-4,6-7H2,1-2H3,(H,19,21). The molecule has 0 saturated carbocycles. The molecule has 0 radical (unpaired) electrons. The lowest BCUT2D eigenvalue weighted by atomic mass is 10.0. The van der Waals surface area contributed by atoms with Crippen molar-refractivity contribution in [1.82, 2.24) is 15.3 Å². The Morgan fingerprint density at radius 3 is 2.73 bits per heavy atom. The van der Waals surface area contributed by atoms with Crippen LogP contribution in [-0.4, -0.2) is 35.0 Å². The van der Waals surface area contributed by atoms with Gasteiger partial charge in [0.15, 0.2) is 0 Å². The van der Waals surface area contributed by atoms with Gasteiger partial charge in [-0.3, -0.25) is 4.79 Å². The highest BCUT2D eigenvalue weighted by atomic mass is 32.1. The van der Waals surface area contributed by atoms with Crippen molar-refractivity contribution in [2.45, 2.75) is 32.7 Å². The molecule has 1 aliphatic rings. The molecular weight excluding hydrogens is 296 g/mol. The summed E-state index contributed by atoms with van der Waals surface area (Å²) in [5.41, 5.74) is 1.75. The van der Waals surface area contributed by atoms with Gasteiger partial charge >= 0.3 is 0 Å². The zero-order valence-corrected chi connectivity index (χ0v) is 13.7. The zero-order valence-electron chi connectivity index (χ0n) is 12.9. The Balaban J connectivity index is 1.57. The lowest BCUT2D eigenvalue weighted by molar-refractivity contribution is 0.0931. The highest BCUT2D eigenvalue weighted by Crippen LogP contribution is 2.19. The lowest BCUT2D eigenvalue weighted by Crippen LogP contribution is -2.45. The van der Waals surface area contributed by atoms with Gasteiger partial charge in [0.2, 0.25) is 0 Å². The van der Waals surface area contributed by atoms with Gasteiger partial charge in [0.1, 0.15) is 11.6 Å². The third kappa shape index (κ3) is 3.44. The number of anilines is 1. The second-order valence-corrected chi connectivity index (χ2v) is 6.44. The molecule has 2 aromatic rings. The third-order valence-electron chi connectivity index (χ3n) is 3.89. The number of amides is 1. The summed E-state index contributed by atoms with van der Waals surface area (Å²) in [6.07, 6.45) is 1.88. The first kappa shape index (κ1) is 15.0. The third-order valence-corrected chi connectivity index (χ3v) is 4.57. The zero-order chi connectivity index (χ0) is 15.5. The predicted molar refractivity (Wildman–Crippen MR) is 88.5 cm³/mol. The summed E-state index contributed by atoms with van der Waals surface area (Å²) in [6.45, 7) is 5.73. The number of hydrogen-bond acceptors (Lipinski definition) is 5. The number of rotatable bonds is 3. The first-order valence-electron chi connectivity index (χ1n) is 7.52. The number of nitrogens with one attached hydrogen (secondary N) is 1. The minimum atomic E-state index is 0.0356. The SMILES string of the molecule is Cc1cc(N2CCC(NC(=O)c3ccsc3)CC2)nc(C)n1. The summed E-state index contributed by atoms with van der Waals surface area (Å²) in [5.74, 6) is 1.84. The van der Waals surface area contributed by atoms with Crippen molar-refractivity contribution in [1.29, 1.82) is 0 Å². The van der Waals surface area contributed by atoms with Crippen molar-refractivity contribution >= 4 is 23.1 Å². The van der Waals surface area contributed by atoms with Crippen LogP contribution in [0.25, 0.3) is 0 Å². The van der Waals surface area contributed by atoms with Crippen LogP contribution < -0.4 is 10.2 Å². The van der Waals surface area contributed by atoms with Crippen LogP contribution in [0.3, 0.4) is 0 Å². The average Bonchev–Trinajstić information content (AvgIpc) is 3.01. The van der Waals surface area contributed by atoms with E-state index in [1.54, 1.807) is 11.3 Å². The van der Waals surface area contributed by atoms with E-state index in [-0.39, 0.29) is 11.9 Å². The van der Waals surface area contributed by atoms with E-state index >= 15 is 0 Å². The van der Waals surface area contributed by atoms with Gasteiger partial charge in [0.25, 0.3) is 5.91 Å². The van der Waals surface area contributed by atoms with E-state index in [1.165, 1.54) is 0 Å². The summed E-state index contributed by atoms with van der Waals surface area (Å²) in [4.78, 5) is 23.2. The van der Waals surface area contributed by atoms with Crippen molar-refractivity contribution in [2.75, 3.05) is 18.0 Å². The molecule has 22 heavy (non-hydrogen) atoms. The van der Waals surface area contributed by atoms with Crippen molar-refractivity contribution < 1.29 is 4.79 Å². The Labute approximate surface area is 134 Å². The summed E-state index contributed by atoms with van der Waals surface area (Å²) in [5, 5.41) is 6.94. The highest BCUT2D eigenvalue weighted by molar-refractivity contribution is 7.08. The van der Waals surface area contributed by atoms with E-state index in [4.69, 9.17) is 0 Å². The van der Waals surface area contributed by atoms with Crippen LogP contribution in [0.4, 0.5) is 5.82 Å². The van der Waals surface area contributed by atoms with Gasteiger partial charge in [-0.05, 0) is 38.1 Å². The number of piperidine rings is 1. The van der Waals surface area contributed by atoms with Crippen LogP contribution in [0.5, 0.6) is 0 Å². The molecule has 0 bridgehead atoms. The topological polar surface area (TPSA) is 58.1 Å². The van der Waals surface area contributed by atoms with Crippen LogP contribution in [0.15, 0.2) is 22.9 Å². The molecule has 3 rings (SSSR count). The van der Waals surface area contributed by atoms with Gasteiger partial charge in [-0.25, -0.2) is 9.97 Å². The average molecular weight is 316 g/mol. The highest BCUT2D eigenvalue weighted by Gasteiger charge is 2.22. The Hall–Kier alpha value is -1.95. The van der Waals surface area contributed by atoms with E-state index in [1.807, 2.05) is 36.7 Å². The van der Waals surface area contributed by atoms with E-state index in [9.17, 15) is 4.79 Å². The minimum Gasteiger partial charge on any atom is -0.356 e. The monoisotopic (exact) mass is 316 g/mol. The molecule has 0 spiro atoms. The molecule has 2 aromatic heterocycles. The van der Waals surface area contributed by atoms with Gasteiger partial charge in [-0.2, -0.15) is 11.3 Å². The Morgan fingerprint density at radius 2 is 2.09 bits per heavy atom. The molecule has 6 heteroatoms. The maximum absolute atomic E-state index is 12.1. The number of aromatic nitrogens is 2. The predicted octanol–water partition coefficient (Wildman–Crippen LogP) is 2.55. The summed E-state index contributed by atoms with van der Waals surface area (Å²) >= 11 is 1.55. The molecule has 116 valence electrons. The molecule has 0 atom stereocenters. The number of aryl methyl sites for hydroxylation is 2. The summed E-state index contributed by atoms with van der Waals surface area (Å²) in [6, 6.07) is 4.13. The van der Waals surface area contributed by atoms with Gasteiger partial charge in [0.05, 0.1) is 0 Å². The molecule has 1 amide bonds. The molecule has 0 aliphatic carbocycles. The van der Waals surface area contributed by atoms with Crippen molar-refractivity contribution in [2.24, 2.45) is 0 Å². The first-order chi connectivity index (χ1) is 10.6. The molecular formula is C16H20N4OS. The van der Waals surface area contributed by atoms with E-state index in [2.05, 4.69) is 20.2 Å². The Morgan fingerprint density at radius 1 is 1.32 bits per heavy atom. The van der Waals surface area contributed by atoms with Gasteiger partial charge in [0, 0.05) is 41.8 Å². The molecule has 0 unspecified atom stereocenters. The largest absolute Gasteiger partial charge is 0.356 e. The second kappa shape index (κ2) is 6.44. The number of nitrogens with zero attached hydrogens (tertiary/aromatic N) is 3. The van der Waals surface area contributed by atoms with Crippen LogP contribution in [0.2, 0.25) is 0 Å². The van der Waals surface area contributed by atoms with Gasteiger partial charge < -0.3 is 10.2 Å². The fourth-order valence-electron chi connectivity index (χ4n) is 2.77. The molecule has 1 fully saturated rings. The second-order valence-electron chi connectivity index (χ2n) is 5.66. The minimum absolute atomic E-state index is 0.0356. The molecule has 3 heterocycles. The van der Waals surface area contributed by atoms with E-state index in [0.717, 1.165) is 48.8 Å². The van der Waals surface area contributed by atoms with Crippen molar-refractivity contribution in [3.8, 4) is 0 Å². The molecule has 1 saturated heterocycles. The Kier molecular flexibility index (Phi) is 4.38. The van der Waals surface area contributed by atoms with Crippen molar-refractivity contribution in [3.05, 3.63) is 40.0 Å². The van der Waals surface area contributed by atoms with Crippen LogP contribution in [-0.2, 0) is 0 Å². The fourth-order valence-corrected chi connectivity index (χ4v) is 3.41. The van der Waals surface area contributed by atoms with E-state index in [0.29, 0.717) is 0 Å². The summed E-state index contributed by atoms with van der Waals surface area (Å²) in [7, 11) is 0. The normalized spacial score (nSPS) is 15.8. The quantitative estimate of drug-likeness (QED) is 0.945. The summed E-state index contributed by atoms with van der Waals surface area (Å²) < 4.78 is 0. The van der Waals surface area contributed by atoms with Crippen LogP contribution in [0.1, 0.15) is 34.7 Å². The number of carbonyl (C=O) groups excluding carboxylic acids is 1. The molecule has 0 aromatic carbocycles.